The monoisotopic (exact) mass is 391 g/mol. The Balaban J connectivity index is 1.86. The second kappa shape index (κ2) is 10.7. The highest BCUT2D eigenvalue weighted by atomic mass is 16.5. The quantitative estimate of drug-likeness (QED) is 0.456. The predicted molar refractivity (Wildman–Crippen MR) is 105 cm³/mol. The van der Waals surface area contributed by atoms with Crippen molar-refractivity contribution in [2.24, 2.45) is 10.9 Å². The smallest absolute Gasteiger partial charge is 0.404 e. The Morgan fingerprint density at radius 2 is 2.04 bits per heavy atom. The second-order valence-corrected chi connectivity index (χ2v) is 7.16. The van der Waals surface area contributed by atoms with Crippen LogP contribution in [0.25, 0.3) is 0 Å². The molecular formula is C20H29N3O5. The molecule has 1 aliphatic rings. The average Bonchev–Trinajstić information content (AvgIpc) is 3.21. The van der Waals surface area contributed by atoms with E-state index in [1.807, 2.05) is 37.3 Å². The second-order valence-electron chi connectivity index (χ2n) is 7.16. The molecule has 8 heteroatoms. The van der Waals surface area contributed by atoms with Gasteiger partial charge in [0.1, 0.15) is 6.61 Å². The topological polar surface area (TPSA) is 120 Å². The zero-order chi connectivity index (χ0) is 20.4. The molecule has 0 aromatic heterocycles. The lowest BCUT2D eigenvalue weighted by molar-refractivity contribution is -0.122. The molecule has 8 nitrogen and oxygen atoms in total. The summed E-state index contributed by atoms with van der Waals surface area (Å²) in [5.74, 6) is 0.103. The third kappa shape index (κ3) is 7.19. The molecule has 0 saturated heterocycles. The Hall–Kier alpha value is -2.61. The minimum Gasteiger partial charge on any atom is -0.477 e. The van der Waals surface area contributed by atoms with Gasteiger partial charge >= 0.3 is 6.09 Å². The van der Waals surface area contributed by atoms with Gasteiger partial charge in [-0.15, -0.1) is 0 Å². The lowest BCUT2D eigenvalue weighted by atomic mass is 9.94. The zero-order valence-electron chi connectivity index (χ0n) is 16.2. The summed E-state index contributed by atoms with van der Waals surface area (Å²) >= 11 is 0. The van der Waals surface area contributed by atoms with E-state index in [9.17, 15) is 14.7 Å². The first kappa shape index (κ1) is 21.7. The van der Waals surface area contributed by atoms with Gasteiger partial charge in [-0.3, -0.25) is 4.79 Å². The van der Waals surface area contributed by atoms with E-state index in [4.69, 9.17) is 9.84 Å². The average molecular weight is 391 g/mol. The number of rotatable bonds is 11. The lowest BCUT2D eigenvalue weighted by Crippen LogP contribution is -2.49. The number of hydrogen-bond acceptors (Lipinski definition) is 5. The Labute approximate surface area is 165 Å². The molecule has 1 heterocycles. The fraction of sp³-hybridized carbons (Fsp3) is 0.550. The Morgan fingerprint density at radius 1 is 1.29 bits per heavy atom. The van der Waals surface area contributed by atoms with Gasteiger partial charge in [-0.05, 0) is 30.7 Å². The summed E-state index contributed by atoms with van der Waals surface area (Å²) in [6.07, 6.45) is 0.760. The molecule has 2 amide bonds. The number of hydrogen-bond donors (Lipinski definition) is 4. The summed E-state index contributed by atoms with van der Waals surface area (Å²) in [5.41, 5.74) is -0.263. The van der Waals surface area contributed by atoms with Crippen molar-refractivity contribution >= 4 is 17.9 Å². The number of aliphatic hydroxyl groups is 1. The number of carbonyl (C=O) groups excluding carboxylic acids is 1. The standard InChI is InChI=1S/C20H29N3O5/c1-15(8-10-22-19(25)26)13-17(24)23-14-20(27,18-21-11-12-28-18)9-7-16-5-3-2-4-6-16/h2-6,15,22,27H,7-14H2,1H3,(H,23,24)(H,25,26). The highest BCUT2D eigenvalue weighted by Gasteiger charge is 2.37. The number of ether oxygens (including phenoxy) is 1. The third-order valence-electron chi connectivity index (χ3n) is 4.68. The fourth-order valence-electron chi connectivity index (χ4n) is 3.04. The number of nitrogens with one attached hydrogen (secondary N) is 2. The summed E-state index contributed by atoms with van der Waals surface area (Å²) in [6.45, 7) is 3.15. The number of nitrogens with zero attached hydrogens (tertiary/aromatic N) is 1. The molecule has 0 radical (unpaired) electrons. The summed E-state index contributed by atoms with van der Waals surface area (Å²) in [7, 11) is 0. The zero-order valence-corrected chi connectivity index (χ0v) is 16.2. The SMILES string of the molecule is CC(CCNC(=O)O)CC(=O)NCC(O)(CCc1ccccc1)C1=NCCO1. The number of benzene rings is 1. The van der Waals surface area contributed by atoms with Gasteiger partial charge in [0.05, 0.1) is 13.1 Å². The van der Waals surface area contributed by atoms with Gasteiger partial charge in [-0.25, -0.2) is 9.79 Å². The van der Waals surface area contributed by atoms with Crippen molar-refractivity contribution in [1.29, 1.82) is 0 Å². The van der Waals surface area contributed by atoms with E-state index in [0.29, 0.717) is 39.0 Å². The molecule has 2 unspecified atom stereocenters. The Kier molecular flexibility index (Phi) is 8.25. The summed E-state index contributed by atoms with van der Waals surface area (Å²) in [4.78, 5) is 27.0. The molecule has 2 atom stereocenters. The first-order chi connectivity index (χ1) is 13.4. The predicted octanol–water partition coefficient (Wildman–Crippen LogP) is 1.58. The van der Waals surface area contributed by atoms with E-state index in [-0.39, 0.29) is 30.7 Å². The van der Waals surface area contributed by atoms with Crippen LogP contribution in [0.5, 0.6) is 0 Å². The molecule has 0 fully saturated rings. The highest BCUT2D eigenvalue weighted by molar-refractivity contribution is 5.87. The third-order valence-corrected chi connectivity index (χ3v) is 4.68. The molecule has 0 spiro atoms. The van der Waals surface area contributed by atoms with Gasteiger partial charge in [0.15, 0.2) is 5.60 Å². The molecule has 1 aromatic rings. The summed E-state index contributed by atoms with van der Waals surface area (Å²) < 4.78 is 5.48. The molecule has 4 N–H and O–H groups in total. The minimum atomic E-state index is -1.35. The molecule has 1 aliphatic heterocycles. The Bertz CT molecular complexity index is 680. The van der Waals surface area contributed by atoms with Crippen LogP contribution in [0.1, 0.15) is 31.7 Å². The number of aliphatic imine (C=N–C) groups is 1. The van der Waals surface area contributed by atoms with Crippen LogP contribution >= 0.6 is 0 Å². The van der Waals surface area contributed by atoms with E-state index in [2.05, 4.69) is 15.6 Å². The van der Waals surface area contributed by atoms with Crippen molar-refractivity contribution < 1.29 is 24.5 Å². The summed E-state index contributed by atoms with van der Waals surface area (Å²) in [6, 6.07) is 9.81. The van der Waals surface area contributed by atoms with Crippen LogP contribution in [0, 0.1) is 5.92 Å². The highest BCUT2D eigenvalue weighted by Crippen LogP contribution is 2.20. The molecule has 0 aliphatic carbocycles. The number of carboxylic acid groups (broad SMARTS) is 1. The molecule has 154 valence electrons. The van der Waals surface area contributed by atoms with E-state index >= 15 is 0 Å². The van der Waals surface area contributed by atoms with Crippen molar-refractivity contribution in [1.82, 2.24) is 10.6 Å². The van der Waals surface area contributed by atoms with Crippen molar-refractivity contribution in [3.05, 3.63) is 35.9 Å². The van der Waals surface area contributed by atoms with Crippen LogP contribution in [0.15, 0.2) is 35.3 Å². The van der Waals surface area contributed by atoms with Crippen molar-refractivity contribution in [2.75, 3.05) is 26.2 Å². The number of carbonyl (C=O) groups is 2. The first-order valence-corrected chi connectivity index (χ1v) is 9.56. The van der Waals surface area contributed by atoms with E-state index < -0.39 is 11.7 Å². The molecular weight excluding hydrogens is 362 g/mol. The number of aryl methyl sites for hydroxylation is 1. The largest absolute Gasteiger partial charge is 0.477 e. The minimum absolute atomic E-state index is 0.0179. The van der Waals surface area contributed by atoms with Gasteiger partial charge in [0.2, 0.25) is 11.8 Å². The van der Waals surface area contributed by atoms with Crippen LogP contribution in [0.4, 0.5) is 4.79 Å². The number of amides is 2. The van der Waals surface area contributed by atoms with E-state index in [1.54, 1.807) is 0 Å². The molecule has 28 heavy (non-hydrogen) atoms. The Morgan fingerprint density at radius 3 is 2.68 bits per heavy atom. The van der Waals surface area contributed by atoms with Gasteiger partial charge in [0, 0.05) is 13.0 Å². The van der Waals surface area contributed by atoms with Crippen LogP contribution in [0.2, 0.25) is 0 Å². The van der Waals surface area contributed by atoms with Crippen LogP contribution in [0.3, 0.4) is 0 Å². The van der Waals surface area contributed by atoms with Crippen LogP contribution in [-0.4, -0.2) is 60.0 Å². The maximum Gasteiger partial charge on any atom is 0.404 e. The van der Waals surface area contributed by atoms with Crippen molar-refractivity contribution in [3.63, 3.8) is 0 Å². The van der Waals surface area contributed by atoms with Gasteiger partial charge < -0.3 is 25.6 Å². The van der Waals surface area contributed by atoms with Gasteiger partial charge in [-0.2, -0.15) is 0 Å². The maximum absolute atomic E-state index is 12.2. The molecule has 2 rings (SSSR count). The van der Waals surface area contributed by atoms with Crippen molar-refractivity contribution in [3.8, 4) is 0 Å². The first-order valence-electron chi connectivity index (χ1n) is 9.56. The van der Waals surface area contributed by atoms with E-state index in [1.165, 1.54) is 0 Å². The molecule has 0 saturated carbocycles. The van der Waals surface area contributed by atoms with Crippen LogP contribution < -0.4 is 10.6 Å². The normalized spacial score (nSPS) is 16.4. The van der Waals surface area contributed by atoms with Gasteiger partial charge in [-0.1, -0.05) is 37.3 Å². The fourth-order valence-corrected chi connectivity index (χ4v) is 3.04. The maximum atomic E-state index is 12.2. The molecule has 0 bridgehead atoms. The van der Waals surface area contributed by atoms with E-state index in [0.717, 1.165) is 5.56 Å². The summed E-state index contributed by atoms with van der Waals surface area (Å²) in [5, 5.41) is 24.8. The lowest BCUT2D eigenvalue weighted by Gasteiger charge is -2.28. The van der Waals surface area contributed by atoms with Gasteiger partial charge in [0.25, 0.3) is 0 Å². The van der Waals surface area contributed by atoms with Crippen LogP contribution in [-0.2, 0) is 16.0 Å². The molecule has 1 aromatic carbocycles. The van der Waals surface area contributed by atoms with Crippen molar-refractivity contribution in [2.45, 2.75) is 38.2 Å².